The lowest BCUT2D eigenvalue weighted by atomic mass is 9.86. The molecule has 3 atom stereocenters. The fourth-order valence-corrected chi connectivity index (χ4v) is 2.65. The first-order valence-corrected chi connectivity index (χ1v) is 5.48. The molecule has 0 aromatic heterocycles. The van der Waals surface area contributed by atoms with Gasteiger partial charge in [-0.05, 0) is 17.9 Å². The van der Waals surface area contributed by atoms with Gasteiger partial charge >= 0.3 is 5.97 Å². The molecule has 1 aliphatic heterocycles. The average molecular weight is 202 g/mol. The second-order valence-corrected chi connectivity index (χ2v) is 4.73. The molecular weight excluding hydrogens is 188 g/mol. The quantitative estimate of drug-likeness (QED) is 0.687. The summed E-state index contributed by atoms with van der Waals surface area (Å²) in [6.45, 7) is 2.14. The molecule has 3 rings (SSSR count). The molecule has 1 spiro atoms. The van der Waals surface area contributed by atoms with Gasteiger partial charge in [-0.15, -0.1) is 0 Å². The van der Waals surface area contributed by atoms with Crippen LogP contribution in [0, 0.1) is 11.3 Å². The Balaban J connectivity index is 1.74. The van der Waals surface area contributed by atoms with E-state index in [1.165, 1.54) is 5.56 Å². The predicted octanol–water partition coefficient (Wildman–Crippen LogP) is 2.18. The zero-order valence-electron chi connectivity index (χ0n) is 8.77. The van der Waals surface area contributed by atoms with Gasteiger partial charge in [-0.3, -0.25) is 4.79 Å². The van der Waals surface area contributed by atoms with Gasteiger partial charge in [0.1, 0.15) is 11.5 Å². The molecule has 1 saturated heterocycles. The normalized spacial score (nSPS) is 37.3. The van der Waals surface area contributed by atoms with E-state index in [-0.39, 0.29) is 17.5 Å². The van der Waals surface area contributed by atoms with Gasteiger partial charge in [0.25, 0.3) is 0 Å². The van der Waals surface area contributed by atoms with Crippen LogP contribution in [-0.2, 0) is 16.0 Å². The van der Waals surface area contributed by atoms with Gasteiger partial charge < -0.3 is 4.74 Å². The summed E-state index contributed by atoms with van der Waals surface area (Å²) in [4.78, 5) is 11.4. The van der Waals surface area contributed by atoms with Crippen LogP contribution in [0.25, 0.3) is 0 Å². The lowest BCUT2D eigenvalue weighted by Crippen LogP contribution is -2.49. The number of cyclic esters (lactones) is 1. The van der Waals surface area contributed by atoms with Crippen LogP contribution in [0.1, 0.15) is 18.9 Å². The average Bonchev–Trinajstić information content (AvgIpc) is 2.95. The number of carbonyl (C=O) groups excluding carboxylic acids is 1. The number of esters is 1. The van der Waals surface area contributed by atoms with Crippen molar-refractivity contribution in [3.8, 4) is 0 Å². The van der Waals surface area contributed by atoms with E-state index in [0.29, 0.717) is 5.92 Å². The van der Waals surface area contributed by atoms with Crippen LogP contribution in [0.5, 0.6) is 0 Å². The van der Waals surface area contributed by atoms with Crippen LogP contribution >= 0.6 is 0 Å². The summed E-state index contributed by atoms with van der Waals surface area (Å²) in [7, 11) is 0. The summed E-state index contributed by atoms with van der Waals surface area (Å²) >= 11 is 0. The van der Waals surface area contributed by atoms with Crippen molar-refractivity contribution in [3.05, 3.63) is 35.9 Å². The molecule has 0 amide bonds. The van der Waals surface area contributed by atoms with E-state index in [9.17, 15) is 4.79 Å². The Bertz CT molecular complexity index is 398. The monoisotopic (exact) mass is 202 g/mol. The third kappa shape index (κ3) is 1.14. The predicted molar refractivity (Wildman–Crippen MR) is 56.2 cm³/mol. The second kappa shape index (κ2) is 2.84. The van der Waals surface area contributed by atoms with Gasteiger partial charge in [0.15, 0.2) is 0 Å². The van der Waals surface area contributed by atoms with Gasteiger partial charge in [-0.25, -0.2) is 0 Å². The van der Waals surface area contributed by atoms with Gasteiger partial charge in [0.2, 0.25) is 0 Å². The molecule has 2 nitrogen and oxygen atoms in total. The van der Waals surface area contributed by atoms with E-state index in [4.69, 9.17) is 4.74 Å². The summed E-state index contributed by atoms with van der Waals surface area (Å²) in [5.41, 5.74) is 1.16. The summed E-state index contributed by atoms with van der Waals surface area (Å²) in [6, 6.07) is 10.2. The van der Waals surface area contributed by atoms with Crippen molar-refractivity contribution in [2.24, 2.45) is 11.3 Å². The molecule has 0 N–H and O–H groups in total. The Morgan fingerprint density at radius 3 is 2.60 bits per heavy atom. The smallest absolute Gasteiger partial charge is 0.316 e. The highest BCUT2D eigenvalue weighted by Crippen LogP contribution is 2.62. The number of hydrogen-bond acceptors (Lipinski definition) is 2. The second-order valence-electron chi connectivity index (χ2n) is 4.73. The lowest BCUT2D eigenvalue weighted by Gasteiger charge is -2.36. The van der Waals surface area contributed by atoms with E-state index < -0.39 is 0 Å². The van der Waals surface area contributed by atoms with Gasteiger partial charge in [-0.2, -0.15) is 0 Å². The summed E-state index contributed by atoms with van der Waals surface area (Å²) in [5, 5.41) is 0. The molecule has 2 heteroatoms. The highest BCUT2D eigenvalue weighted by atomic mass is 16.6. The first-order chi connectivity index (χ1) is 7.23. The molecule has 1 aromatic rings. The minimum absolute atomic E-state index is 0.0240. The molecule has 0 radical (unpaired) electrons. The summed E-state index contributed by atoms with van der Waals surface area (Å²) in [6.07, 6.45) is 2.02. The van der Waals surface area contributed by atoms with E-state index in [2.05, 4.69) is 19.1 Å². The van der Waals surface area contributed by atoms with Crippen molar-refractivity contribution >= 4 is 5.97 Å². The zero-order valence-corrected chi connectivity index (χ0v) is 8.77. The van der Waals surface area contributed by atoms with Crippen LogP contribution in [0.2, 0.25) is 0 Å². The van der Waals surface area contributed by atoms with Crippen molar-refractivity contribution in [2.75, 3.05) is 0 Å². The Morgan fingerprint density at radius 1 is 1.40 bits per heavy atom. The maximum Gasteiger partial charge on any atom is 0.316 e. The Morgan fingerprint density at radius 2 is 2.07 bits per heavy atom. The van der Waals surface area contributed by atoms with Crippen molar-refractivity contribution in [1.29, 1.82) is 0 Å². The van der Waals surface area contributed by atoms with Gasteiger partial charge in [-0.1, -0.05) is 37.3 Å². The molecule has 2 unspecified atom stereocenters. The molecule has 1 saturated carbocycles. The molecule has 1 aliphatic carbocycles. The van der Waals surface area contributed by atoms with Crippen molar-refractivity contribution in [1.82, 2.24) is 0 Å². The maximum absolute atomic E-state index is 11.4. The Labute approximate surface area is 89.2 Å². The number of hydrogen-bond donors (Lipinski definition) is 0. The van der Waals surface area contributed by atoms with Crippen LogP contribution < -0.4 is 0 Å². The minimum atomic E-state index is -0.101. The fourth-order valence-electron chi connectivity index (χ4n) is 2.65. The molecule has 78 valence electrons. The molecule has 1 heterocycles. The SMILES string of the molecule is CC1CC12C(=O)O[C@@H]2Cc1ccccc1. The fraction of sp³-hybridized carbons (Fsp3) is 0.462. The summed E-state index contributed by atoms with van der Waals surface area (Å²) in [5.74, 6) is 0.545. The highest BCUT2D eigenvalue weighted by molar-refractivity contribution is 5.87. The largest absolute Gasteiger partial charge is 0.460 e. The molecule has 2 fully saturated rings. The van der Waals surface area contributed by atoms with Crippen molar-refractivity contribution in [2.45, 2.75) is 25.9 Å². The topological polar surface area (TPSA) is 26.3 Å². The van der Waals surface area contributed by atoms with Crippen LogP contribution in [-0.4, -0.2) is 12.1 Å². The third-order valence-corrected chi connectivity index (χ3v) is 3.83. The van der Waals surface area contributed by atoms with Crippen molar-refractivity contribution in [3.63, 3.8) is 0 Å². The molecule has 0 bridgehead atoms. The first-order valence-electron chi connectivity index (χ1n) is 5.48. The molecule has 15 heavy (non-hydrogen) atoms. The van der Waals surface area contributed by atoms with Crippen LogP contribution in [0.15, 0.2) is 30.3 Å². The van der Waals surface area contributed by atoms with Gasteiger partial charge in [0, 0.05) is 6.42 Å². The third-order valence-electron chi connectivity index (χ3n) is 3.83. The maximum atomic E-state index is 11.4. The lowest BCUT2D eigenvalue weighted by molar-refractivity contribution is -0.191. The first kappa shape index (κ1) is 8.96. The number of benzene rings is 1. The van der Waals surface area contributed by atoms with E-state index >= 15 is 0 Å². The number of carbonyl (C=O) groups is 1. The summed E-state index contributed by atoms with van der Waals surface area (Å²) < 4.78 is 5.25. The molecule has 1 aromatic carbocycles. The van der Waals surface area contributed by atoms with E-state index in [0.717, 1.165) is 12.8 Å². The van der Waals surface area contributed by atoms with E-state index in [1.807, 2.05) is 18.2 Å². The highest BCUT2D eigenvalue weighted by Gasteiger charge is 2.71. The van der Waals surface area contributed by atoms with Crippen molar-refractivity contribution < 1.29 is 9.53 Å². The van der Waals surface area contributed by atoms with Gasteiger partial charge in [0.05, 0.1) is 0 Å². The Kier molecular flexibility index (Phi) is 1.70. The van der Waals surface area contributed by atoms with Crippen LogP contribution in [0.3, 0.4) is 0 Å². The van der Waals surface area contributed by atoms with E-state index in [1.54, 1.807) is 0 Å². The molecular formula is C13H14O2. The number of rotatable bonds is 2. The zero-order chi connectivity index (χ0) is 10.5. The molecule has 2 aliphatic rings. The minimum Gasteiger partial charge on any atom is -0.460 e. The Hall–Kier alpha value is -1.31. The number of ether oxygens (including phenoxy) is 1. The standard InChI is InChI=1S/C13H14O2/c1-9-8-13(9)11(15-12(13)14)7-10-5-3-2-4-6-10/h2-6,9,11H,7-8H2,1H3/t9?,11-,13?/m1/s1. The van der Waals surface area contributed by atoms with Crippen LogP contribution in [0.4, 0.5) is 0 Å².